The summed E-state index contributed by atoms with van der Waals surface area (Å²) in [6.07, 6.45) is 4.85. The maximum Gasteiger partial charge on any atom is 0.228 e. The van der Waals surface area contributed by atoms with Crippen molar-refractivity contribution in [1.29, 1.82) is 0 Å². The number of halogens is 2. The van der Waals surface area contributed by atoms with Gasteiger partial charge in [-0.15, -0.1) is 0 Å². The number of hydrogen-bond donors (Lipinski definition) is 1. The van der Waals surface area contributed by atoms with Crippen molar-refractivity contribution in [2.75, 3.05) is 25.0 Å². The Morgan fingerprint density at radius 3 is 2.93 bits per heavy atom. The van der Waals surface area contributed by atoms with E-state index in [9.17, 15) is 13.6 Å². The fraction of sp³-hybridized carbons (Fsp3) is 0.429. The number of fused-ring (bicyclic) bond motifs is 1. The summed E-state index contributed by atoms with van der Waals surface area (Å²) in [7, 11) is 0. The van der Waals surface area contributed by atoms with Gasteiger partial charge in [0.1, 0.15) is 0 Å². The van der Waals surface area contributed by atoms with E-state index in [0.717, 1.165) is 24.6 Å². The van der Waals surface area contributed by atoms with E-state index in [1.54, 1.807) is 24.5 Å². The van der Waals surface area contributed by atoms with Crippen LogP contribution < -0.4 is 5.32 Å². The maximum atomic E-state index is 13.5. The predicted octanol–water partition coefficient (Wildman–Crippen LogP) is 3.23. The molecule has 3 heterocycles. The normalized spacial score (nSPS) is 25.1. The fourth-order valence-electron chi connectivity index (χ4n) is 4.22. The minimum absolute atomic E-state index is 0.0130. The Labute approximate surface area is 162 Å². The van der Waals surface area contributed by atoms with Crippen LogP contribution in [0.4, 0.5) is 14.5 Å². The third-order valence-corrected chi connectivity index (χ3v) is 5.61. The molecule has 0 spiro atoms. The number of carbonyl (C=O) groups is 1. The second-order valence-corrected chi connectivity index (χ2v) is 7.47. The molecule has 1 amide bonds. The van der Waals surface area contributed by atoms with Crippen LogP contribution in [-0.4, -0.2) is 41.6 Å². The molecule has 1 N–H and O–H groups in total. The zero-order valence-electron chi connectivity index (χ0n) is 15.5. The molecule has 28 heavy (non-hydrogen) atoms. The third kappa shape index (κ3) is 4.20. The van der Waals surface area contributed by atoms with Crippen molar-refractivity contribution in [3.8, 4) is 0 Å². The molecule has 0 saturated carbocycles. The highest BCUT2D eigenvalue weighted by Crippen LogP contribution is 2.34. The van der Waals surface area contributed by atoms with E-state index < -0.39 is 11.6 Å². The van der Waals surface area contributed by atoms with Crippen LogP contribution in [0.1, 0.15) is 18.4 Å². The van der Waals surface area contributed by atoms with Gasteiger partial charge in [-0.3, -0.25) is 14.7 Å². The van der Waals surface area contributed by atoms with Crippen molar-refractivity contribution in [2.45, 2.75) is 25.5 Å². The van der Waals surface area contributed by atoms with Gasteiger partial charge in [-0.2, -0.15) is 0 Å². The highest BCUT2D eigenvalue weighted by Gasteiger charge is 2.41. The van der Waals surface area contributed by atoms with E-state index in [0.29, 0.717) is 31.8 Å². The van der Waals surface area contributed by atoms with Crippen molar-refractivity contribution in [3.05, 3.63) is 59.9 Å². The predicted molar refractivity (Wildman–Crippen MR) is 100 cm³/mol. The number of pyridine rings is 1. The first kappa shape index (κ1) is 19.0. The summed E-state index contributed by atoms with van der Waals surface area (Å²) in [5.74, 6) is -1.76. The molecule has 1 aromatic carbocycles. The second kappa shape index (κ2) is 8.32. The van der Waals surface area contributed by atoms with Crippen LogP contribution in [0.15, 0.2) is 42.7 Å². The number of anilines is 1. The molecule has 0 bridgehead atoms. The van der Waals surface area contributed by atoms with E-state index in [1.165, 1.54) is 6.07 Å². The zero-order chi connectivity index (χ0) is 19.5. The van der Waals surface area contributed by atoms with Gasteiger partial charge in [-0.25, -0.2) is 8.78 Å². The van der Waals surface area contributed by atoms with E-state index in [4.69, 9.17) is 4.74 Å². The molecule has 4 rings (SSSR count). The zero-order valence-corrected chi connectivity index (χ0v) is 15.5. The Morgan fingerprint density at radius 2 is 2.14 bits per heavy atom. The van der Waals surface area contributed by atoms with E-state index in [2.05, 4.69) is 15.2 Å². The van der Waals surface area contributed by atoms with Gasteiger partial charge in [0.2, 0.25) is 5.91 Å². The van der Waals surface area contributed by atoms with Crippen LogP contribution in [0.5, 0.6) is 0 Å². The lowest BCUT2D eigenvalue weighted by Crippen LogP contribution is -2.52. The molecular formula is C21H23F2N3O2. The van der Waals surface area contributed by atoms with Crippen molar-refractivity contribution in [2.24, 2.45) is 11.8 Å². The van der Waals surface area contributed by atoms with Gasteiger partial charge in [0.15, 0.2) is 11.6 Å². The Morgan fingerprint density at radius 1 is 1.25 bits per heavy atom. The Kier molecular flexibility index (Phi) is 5.64. The van der Waals surface area contributed by atoms with Gasteiger partial charge in [-0.1, -0.05) is 6.07 Å². The number of benzene rings is 1. The van der Waals surface area contributed by atoms with Crippen molar-refractivity contribution in [1.82, 2.24) is 9.88 Å². The molecule has 2 aromatic rings. The molecule has 2 saturated heterocycles. The lowest BCUT2D eigenvalue weighted by atomic mass is 9.79. The van der Waals surface area contributed by atoms with E-state index in [1.807, 2.05) is 6.07 Å². The molecule has 3 atom stereocenters. The van der Waals surface area contributed by atoms with Gasteiger partial charge in [0, 0.05) is 44.3 Å². The molecule has 2 aliphatic heterocycles. The topological polar surface area (TPSA) is 54.5 Å². The Bertz CT molecular complexity index is 834. The fourth-order valence-corrected chi connectivity index (χ4v) is 4.22. The molecule has 1 aromatic heterocycles. The SMILES string of the molecule is O=C(Nc1cccnc1)[C@@H]1CCO[C@@H]2CCN(Cc3ccc(F)c(F)c3)C[C@H]21. The van der Waals surface area contributed by atoms with Crippen LogP contribution in [0.25, 0.3) is 0 Å². The first-order valence-corrected chi connectivity index (χ1v) is 9.59. The van der Waals surface area contributed by atoms with Gasteiger partial charge >= 0.3 is 0 Å². The smallest absolute Gasteiger partial charge is 0.228 e. The summed E-state index contributed by atoms with van der Waals surface area (Å²) in [5, 5.41) is 2.96. The lowest BCUT2D eigenvalue weighted by molar-refractivity contribution is -0.137. The Balaban J connectivity index is 1.43. The number of ether oxygens (including phenoxy) is 1. The summed E-state index contributed by atoms with van der Waals surface area (Å²) in [4.78, 5) is 19.1. The number of nitrogens with one attached hydrogen (secondary N) is 1. The van der Waals surface area contributed by atoms with Gasteiger partial charge in [0.25, 0.3) is 0 Å². The van der Waals surface area contributed by atoms with Crippen molar-refractivity contribution >= 4 is 11.6 Å². The number of likely N-dealkylation sites (tertiary alicyclic amines) is 1. The summed E-state index contributed by atoms with van der Waals surface area (Å²) in [6, 6.07) is 7.61. The van der Waals surface area contributed by atoms with E-state index in [-0.39, 0.29) is 23.8 Å². The number of rotatable bonds is 4. The summed E-state index contributed by atoms with van der Waals surface area (Å²) >= 11 is 0. The van der Waals surface area contributed by atoms with Crippen LogP contribution in [0.2, 0.25) is 0 Å². The minimum Gasteiger partial charge on any atom is -0.378 e. The summed E-state index contributed by atoms with van der Waals surface area (Å²) in [6.45, 7) is 2.60. The summed E-state index contributed by atoms with van der Waals surface area (Å²) < 4.78 is 32.6. The second-order valence-electron chi connectivity index (χ2n) is 7.47. The lowest BCUT2D eigenvalue weighted by Gasteiger charge is -2.44. The molecule has 7 heteroatoms. The highest BCUT2D eigenvalue weighted by molar-refractivity contribution is 5.92. The monoisotopic (exact) mass is 387 g/mol. The quantitative estimate of drug-likeness (QED) is 0.875. The van der Waals surface area contributed by atoms with Crippen LogP contribution in [-0.2, 0) is 16.1 Å². The number of aromatic nitrogens is 1. The maximum absolute atomic E-state index is 13.5. The number of amides is 1. The molecular weight excluding hydrogens is 364 g/mol. The van der Waals surface area contributed by atoms with Crippen LogP contribution in [0, 0.1) is 23.5 Å². The number of nitrogens with zero attached hydrogens (tertiary/aromatic N) is 2. The molecule has 5 nitrogen and oxygen atoms in total. The van der Waals surface area contributed by atoms with Gasteiger partial charge < -0.3 is 10.1 Å². The molecule has 0 aliphatic carbocycles. The largest absolute Gasteiger partial charge is 0.378 e. The molecule has 0 radical (unpaired) electrons. The number of hydrogen-bond acceptors (Lipinski definition) is 4. The summed E-state index contributed by atoms with van der Waals surface area (Å²) in [5.41, 5.74) is 1.41. The van der Waals surface area contributed by atoms with E-state index >= 15 is 0 Å². The van der Waals surface area contributed by atoms with Gasteiger partial charge in [-0.05, 0) is 42.7 Å². The van der Waals surface area contributed by atoms with Crippen molar-refractivity contribution in [3.63, 3.8) is 0 Å². The standard InChI is InChI=1S/C21H23F2N3O2/c22-18-4-3-14(10-19(18)23)12-26-8-5-20-17(13-26)16(6-9-28-20)21(27)25-15-2-1-7-24-11-15/h1-4,7,10-11,16-17,20H,5-6,8-9,12-13H2,(H,25,27)/t16-,17+,20-/m1/s1. The molecule has 2 aliphatic rings. The first-order valence-electron chi connectivity index (χ1n) is 9.59. The number of carbonyl (C=O) groups excluding carboxylic acids is 1. The molecule has 148 valence electrons. The third-order valence-electron chi connectivity index (χ3n) is 5.61. The molecule has 2 fully saturated rings. The van der Waals surface area contributed by atoms with Crippen LogP contribution in [0.3, 0.4) is 0 Å². The Hall–Kier alpha value is -2.38. The average molecular weight is 387 g/mol. The first-order chi connectivity index (χ1) is 13.6. The average Bonchev–Trinajstić information content (AvgIpc) is 2.71. The van der Waals surface area contributed by atoms with Gasteiger partial charge in [0.05, 0.1) is 18.0 Å². The number of piperidine rings is 1. The van der Waals surface area contributed by atoms with Crippen LogP contribution >= 0.6 is 0 Å². The highest BCUT2D eigenvalue weighted by atomic mass is 19.2. The molecule has 0 unspecified atom stereocenters. The van der Waals surface area contributed by atoms with Crippen molar-refractivity contribution < 1.29 is 18.3 Å². The minimum atomic E-state index is -0.838.